The summed E-state index contributed by atoms with van der Waals surface area (Å²) in [6, 6.07) is 8.58. The Labute approximate surface area is 151 Å². The third-order valence-electron chi connectivity index (χ3n) is 4.96. The van der Waals surface area contributed by atoms with E-state index in [9.17, 15) is 18.0 Å². The lowest BCUT2D eigenvalue weighted by Crippen LogP contribution is -2.51. The Morgan fingerprint density at radius 2 is 1.58 bits per heavy atom. The van der Waals surface area contributed by atoms with Crippen LogP contribution in [-0.2, 0) is 4.79 Å². The molecule has 0 radical (unpaired) electrons. The molecule has 0 aliphatic carbocycles. The molecule has 1 N–H and O–H groups in total. The zero-order valence-electron chi connectivity index (χ0n) is 15.3. The molecule has 6 heteroatoms. The van der Waals surface area contributed by atoms with E-state index in [1.54, 1.807) is 32.0 Å². The van der Waals surface area contributed by atoms with Gasteiger partial charge in [0.1, 0.15) is 0 Å². The van der Waals surface area contributed by atoms with Gasteiger partial charge in [-0.05, 0) is 41.7 Å². The molecule has 1 heterocycles. The normalized spacial score (nSPS) is 19.2. The zero-order valence-corrected chi connectivity index (χ0v) is 15.3. The third kappa shape index (κ3) is 3.18. The predicted octanol–water partition coefficient (Wildman–Crippen LogP) is 5.08. The van der Waals surface area contributed by atoms with Gasteiger partial charge in [-0.25, -0.2) is 0 Å². The van der Waals surface area contributed by atoms with Crippen LogP contribution in [0.2, 0.25) is 0 Å². The van der Waals surface area contributed by atoms with Gasteiger partial charge in [0, 0.05) is 12.0 Å². The van der Waals surface area contributed by atoms with Gasteiger partial charge in [-0.15, -0.1) is 0 Å². The number of nitrogens with zero attached hydrogens (tertiary/aromatic N) is 1. The largest absolute Gasteiger partial charge is 0.409 e. The fourth-order valence-electron chi connectivity index (χ4n) is 3.78. The summed E-state index contributed by atoms with van der Waals surface area (Å²) in [5.74, 6) is -0.200. The third-order valence-corrected chi connectivity index (χ3v) is 4.96. The number of benzene rings is 2. The summed E-state index contributed by atoms with van der Waals surface area (Å²) in [6.45, 7) is 7.33. The Hall–Kier alpha value is -2.08. The van der Waals surface area contributed by atoms with Crippen LogP contribution in [0.4, 0.5) is 13.2 Å². The first-order chi connectivity index (χ1) is 12.0. The quantitative estimate of drug-likeness (QED) is 0.823. The van der Waals surface area contributed by atoms with Crippen LogP contribution in [-0.4, -0.2) is 22.6 Å². The first-order valence-electron chi connectivity index (χ1n) is 8.69. The summed E-state index contributed by atoms with van der Waals surface area (Å²) < 4.78 is 42.4. The molecular formula is C20H23F3N2O. The molecule has 1 unspecified atom stereocenters. The van der Waals surface area contributed by atoms with Crippen molar-refractivity contribution in [2.45, 2.75) is 57.8 Å². The fourth-order valence-corrected chi connectivity index (χ4v) is 3.78. The first kappa shape index (κ1) is 18.7. The van der Waals surface area contributed by atoms with E-state index in [2.05, 4.69) is 5.43 Å². The molecule has 0 spiro atoms. The predicted molar refractivity (Wildman–Crippen MR) is 95.5 cm³/mol. The lowest BCUT2D eigenvalue weighted by Gasteiger charge is -2.38. The SMILES string of the molecule is CC(C)c1cccc2c(C(N3NC(=O)CC3(C)C)C(F)(F)F)cccc12. The van der Waals surface area contributed by atoms with Gasteiger partial charge in [-0.2, -0.15) is 18.2 Å². The maximum absolute atomic E-state index is 14.1. The van der Waals surface area contributed by atoms with Crippen molar-refractivity contribution in [3.63, 3.8) is 0 Å². The number of rotatable bonds is 3. The van der Waals surface area contributed by atoms with Gasteiger partial charge in [0.05, 0.1) is 0 Å². The lowest BCUT2D eigenvalue weighted by atomic mass is 9.90. The van der Waals surface area contributed by atoms with Crippen molar-refractivity contribution in [1.82, 2.24) is 10.4 Å². The van der Waals surface area contributed by atoms with E-state index in [4.69, 9.17) is 0 Å². The highest BCUT2D eigenvalue weighted by Crippen LogP contribution is 2.45. The summed E-state index contributed by atoms with van der Waals surface area (Å²) in [7, 11) is 0. The Balaban J connectivity index is 2.24. The van der Waals surface area contributed by atoms with E-state index in [0.29, 0.717) is 5.39 Å². The van der Waals surface area contributed by atoms with E-state index >= 15 is 0 Å². The van der Waals surface area contributed by atoms with Crippen LogP contribution in [0.15, 0.2) is 36.4 Å². The lowest BCUT2D eigenvalue weighted by molar-refractivity contribution is -0.203. The number of fused-ring (bicyclic) bond motifs is 1. The van der Waals surface area contributed by atoms with Crippen molar-refractivity contribution >= 4 is 16.7 Å². The second kappa shape index (κ2) is 6.27. The topological polar surface area (TPSA) is 32.3 Å². The summed E-state index contributed by atoms with van der Waals surface area (Å²) >= 11 is 0. The summed E-state index contributed by atoms with van der Waals surface area (Å²) in [5, 5.41) is 2.45. The van der Waals surface area contributed by atoms with Crippen molar-refractivity contribution < 1.29 is 18.0 Å². The Kier molecular flexibility index (Phi) is 4.51. The molecular weight excluding hydrogens is 341 g/mol. The first-order valence-corrected chi connectivity index (χ1v) is 8.69. The fraction of sp³-hybridized carbons (Fsp3) is 0.450. The van der Waals surface area contributed by atoms with Gasteiger partial charge in [-0.3, -0.25) is 10.2 Å². The van der Waals surface area contributed by atoms with Crippen LogP contribution in [0.5, 0.6) is 0 Å². The number of halogens is 3. The van der Waals surface area contributed by atoms with Gasteiger partial charge >= 0.3 is 6.18 Å². The molecule has 3 rings (SSSR count). The molecule has 1 aliphatic rings. The van der Waals surface area contributed by atoms with Crippen molar-refractivity contribution in [2.24, 2.45) is 0 Å². The van der Waals surface area contributed by atoms with E-state index < -0.39 is 23.7 Å². The van der Waals surface area contributed by atoms with Gasteiger partial charge in [0.15, 0.2) is 6.04 Å². The van der Waals surface area contributed by atoms with E-state index in [-0.39, 0.29) is 17.9 Å². The molecule has 1 fully saturated rings. The van der Waals surface area contributed by atoms with Crippen LogP contribution < -0.4 is 5.43 Å². The van der Waals surface area contributed by atoms with Gasteiger partial charge < -0.3 is 0 Å². The Morgan fingerprint density at radius 3 is 2.04 bits per heavy atom. The number of hydrogen-bond acceptors (Lipinski definition) is 2. The summed E-state index contributed by atoms with van der Waals surface area (Å²) in [6.07, 6.45) is -4.50. The average molecular weight is 364 g/mol. The minimum absolute atomic E-state index is 0.0294. The van der Waals surface area contributed by atoms with E-state index in [1.807, 2.05) is 26.0 Å². The standard InChI is InChI=1S/C20H23F3N2O/c1-12(2)13-7-5-9-15-14(13)8-6-10-16(15)18(20(21,22)23)25-19(3,4)11-17(26)24-25/h5-10,12,18H,11H2,1-4H3,(H,24,26). The molecule has 3 nitrogen and oxygen atoms in total. The minimum atomic E-state index is -4.53. The monoisotopic (exact) mass is 364 g/mol. The van der Waals surface area contributed by atoms with Gasteiger partial charge in [0.2, 0.25) is 5.91 Å². The summed E-state index contributed by atoms with van der Waals surface area (Å²) in [5.41, 5.74) is 2.66. The Bertz CT molecular complexity index is 843. The van der Waals surface area contributed by atoms with Crippen LogP contribution >= 0.6 is 0 Å². The zero-order chi connectivity index (χ0) is 19.3. The van der Waals surface area contributed by atoms with Crippen LogP contribution in [0.3, 0.4) is 0 Å². The van der Waals surface area contributed by atoms with Crippen molar-refractivity contribution in [2.75, 3.05) is 0 Å². The maximum Gasteiger partial charge on any atom is 0.409 e. The molecule has 2 aromatic carbocycles. The maximum atomic E-state index is 14.1. The molecule has 1 saturated heterocycles. The number of carbonyl (C=O) groups excluding carboxylic acids is 1. The van der Waals surface area contributed by atoms with Crippen molar-refractivity contribution in [3.05, 3.63) is 47.5 Å². The van der Waals surface area contributed by atoms with Crippen LogP contribution in [0.1, 0.15) is 57.2 Å². The average Bonchev–Trinajstić information content (AvgIpc) is 2.78. The minimum Gasteiger partial charge on any atom is -0.287 e. The number of amides is 1. The summed E-state index contributed by atoms with van der Waals surface area (Å²) in [4.78, 5) is 11.8. The molecule has 26 heavy (non-hydrogen) atoms. The highest BCUT2D eigenvalue weighted by Gasteiger charge is 2.53. The highest BCUT2D eigenvalue weighted by molar-refractivity contribution is 5.89. The van der Waals surface area contributed by atoms with Crippen LogP contribution in [0, 0.1) is 0 Å². The molecule has 140 valence electrons. The second-order valence-corrected chi connectivity index (χ2v) is 7.78. The Morgan fingerprint density at radius 1 is 1.04 bits per heavy atom. The number of nitrogens with one attached hydrogen (secondary N) is 1. The van der Waals surface area contributed by atoms with E-state index in [1.165, 1.54) is 6.07 Å². The highest BCUT2D eigenvalue weighted by atomic mass is 19.4. The molecule has 0 bridgehead atoms. The molecule has 1 amide bonds. The van der Waals surface area contributed by atoms with Crippen molar-refractivity contribution in [3.8, 4) is 0 Å². The van der Waals surface area contributed by atoms with Crippen LogP contribution in [0.25, 0.3) is 10.8 Å². The number of hydrazine groups is 1. The second-order valence-electron chi connectivity index (χ2n) is 7.78. The van der Waals surface area contributed by atoms with Crippen molar-refractivity contribution in [1.29, 1.82) is 0 Å². The molecule has 0 saturated carbocycles. The molecule has 1 aliphatic heterocycles. The number of hydrogen-bond donors (Lipinski definition) is 1. The van der Waals surface area contributed by atoms with Gasteiger partial charge in [-0.1, -0.05) is 50.2 Å². The molecule has 2 aromatic rings. The smallest absolute Gasteiger partial charge is 0.287 e. The van der Waals surface area contributed by atoms with Gasteiger partial charge in [0.25, 0.3) is 0 Å². The van der Waals surface area contributed by atoms with E-state index in [0.717, 1.165) is 16.0 Å². The molecule has 1 atom stereocenters. The number of alkyl halides is 3. The molecule has 0 aromatic heterocycles. The number of carbonyl (C=O) groups is 1.